The SMILES string of the molecule is CCOC(C)(CC)C(O)CC1OCCc2ccccc21. The van der Waals surface area contributed by atoms with Crippen molar-refractivity contribution < 1.29 is 14.6 Å². The van der Waals surface area contributed by atoms with Gasteiger partial charge in [-0.1, -0.05) is 31.2 Å². The minimum atomic E-state index is -0.524. The second-order valence-corrected chi connectivity index (χ2v) is 5.66. The molecule has 0 saturated carbocycles. The molecule has 0 fully saturated rings. The number of hydrogen-bond acceptors (Lipinski definition) is 3. The summed E-state index contributed by atoms with van der Waals surface area (Å²) in [6, 6.07) is 8.36. The minimum absolute atomic E-state index is 0.0266. The number of aliphatic hydroxyl groups excluding tert-OH is 1. The van der Waals surface area contributed by atoms with Gasteiger partial charge in [-0.2, -0.15) is 0 Å². The lowest BCUT2D eigenvalue weighted by molar-refractivity contribution is -0.128. The smallest absolute Gasteiger partial charge is 0.0910 e. The van der Waals surface area contributed by atoms with Crippen LogP contribution >= 0.6 is 0 Å². The van der Waals surface area contributed by atoms with E-state index in [9.17, 15) is 5.11 Å². The quantitative estimate of drug-likeness (QED) is 0.868. The molecule has 1 heterocycles. The first-order chi connectivity index (χ1) is 9.60. The van der Waals surface area contributed by atoms with Crippen molar-refractivity contribution >= 4 is 0 Å². The van der Waals surface area contributed by atoms with Crippen molar-refractivity contribution in [3.63, 3.8) is 0 Å². The standard InChI is InChI=1S/C17H26O3/c1-4-17(3,20-5-2)16(18)12-15-14-9-7-6-8-13(14)10-11-19-15/h6-9,15-16,18H,4-5,10-12H2,1-3H3. The van der Waals surface area contributed by atoms with E-state index in [1.54, 1.807) is 0 Å². The lowest BCUT2D eigenvalue weighted by atomic mass is 9.87. The molecule has 0 aliphatic carbocycles. The van der Waals surface area contributed by atoms with Crippen LogP contribution in [0.2, 0.25) is 0 Å². The lowest BCUT2D eigenvalue weighted by Gasteiger charge is -2.36. The third-order valence-corrected chi connectivity index (χ3v) is 4.41. The second kappa shape index (κ2) is 6.70. The van der Waals surface area contributed by atoms with E-state index in [0.717, 1.165) is 19.4 Å². The predicted octanol–water partition coefficient (Wildman–Crippen LogP) is 3.26. The van der Waals surface area contributed by atoms with Gasteiger partial charge in [-0.15, -0.1) is 0 Å². The number of hydrogen-bond donors (Lipinski definition) is 1. The van der Waals surface area contributed by atoms with Crippen molar-refractivity contribution in [2.45, 2.75) is 57.8 Å². The van der Waals surface area contributed by atoms with Gasteiger partial charge in [0.05, 0.1) is 24.4 Å². The average molecular weight is 278 g/mol. The van der Waals surface area contributed by atoms with Gasteiger partial charge in [0.1, 0.15) is 0 Å². The topological polar surface area (TPSA) is 38.7 Å². The van der Waals surface area contributed by atoms with E-state index < -0.39 is 11.7 Å². The van der Waals surface area contributed by atoms with Crippen molar-refractivity contribution in [1.82, 2.24) is 0 Å². The third kappa shape index (κ3) is 3.22. The Hall–Kier alpha value is -0.900. The fraction of sp³-hybridized carbons (Fsp3) is 0.647. The van der Waals surface area contributed by atoms with Crippen LogP contribution in [0, 0.1) is 0 Å². The molecule has 3 nitrogen and oxygen atoms in total. The van der Waals surface area contributed by atoms with Crippen LogP contribution in [0.25, 0.3) is 0 Å². The molecule has 3 atom stereocenters. The molecule has 3 unspecified atom stereocenters. The molecule has 0 radical (unpaired) electrons. The Morgan fingerprint density at radius 2 is 2.15 bits per heavy atom. The Morgan fingerprint density at radius 1 is 1.40 bits per heavy atom. The van der Waals surface area contributed by atoms with E-state index in [4.69, 9.17) is 9.47 Å². The van der Waals surface area contributed by atoms with Crippen LogP contribution in [-0.2, 0) is 15.9 Å². The van der Waals surface area contributed by atoms with E-state index in [1.807, 2.05) is 19.9 Å². The van der Waals surface area contributed by atoms with Crippen LogP contribution in [-0.4, -0.2) is 30.0 Å². The van der Waals surface area contributed by atoms with Gasteiger partial charge in [-0.3, -0.25) is 0 Å². The molecule has 3 heteroatoms. The zero-order valence-corrected chi connectivity index (χ0v) is 12.8. The van der Waals surface area contributed by atoms with Gasteiger partial charge >= 0.3 is 0 Å². The van der Waals surface area contributed by atoms with E-state index in [2.05, 4.69) is 25.1 Å². The second-order valence-electron chi connectivity index (χ2n) is 5.66. The van der Waals surface area contributed by atoms with Crippen LogP contribution in [0.15, 0.2) is 24.3 Å². The van der Waals surface area contributed by atoms with E-state index >= 15 is 0 Å². The summed E-state index contributed by atoms with van der Waals surface area (Å²) in [5.41, 5.74) is 2.06. The first-order valence-electron chi connectivity index (χ1n) is 7.62. The van der Waals surface area contributed by atoms with Crippen molar-refractivity contribution in [2.24, 2.45) is 0 Å². The monoisotopic (exact) mass is 278 g/mol. The highest BCUT2D eigenvalue weighted by Gasteiger charge is 2.35. The summed E-state index contributed by atoms with van der Waals surface area (Å²) in [5.74, 6) is 0. The number of rotatable bonds is 6. The van der Waals surface area contributed by atoms with Gasteiger partial charge in [-0.05, 0) is 37.8 Å². The molecule has 112 valence electrons. The highest BCUT2D eigenvalue weighted by molar-refractivity contribution is 5.31. The third-order valence-electron chi connectivity index (χ3n) is 4.41. The lowest BCUT2D eigenvalue weighted by Crippen LogP contribution is -2.43. The summed E-state index contributed by atoms with van der Waals surface area (Å²) in [4.78, 5) is 0. The fourth-order valence-corrected chi connectivity index (χ4v) is 2.89. The summed E-state index contributed by atoms with van der Waals surface area (Å²) in [7, 11) is 0. The van der Waals surface area contributed by atoms with Crippen molar-refractivity contribution in [3.8, 4) is 0 Å². The molecular formula is C17H26O3. The molecule has 0 aromatic heterocycles. The maximum absolute atomic E-state index is 10.6. The van der Waals surface area contributed by atoms with Crippen LogP contribution in [0.5, 0.6) is 0 Å². The first-order valence-corrected chi connectivity index (χ1v) is 7.62. The van der Waals surface area contributed by atoms with E-state index in [0.29, 0.717) is 13.0 Å². The van der Waals surface area contributed by atoms with E-state index in [-0.39, 0.29) is 6.10 Å². The predicted molar refractivity (Wildman–Crippen MR) is 79.8 cm³/mol. The van der Waals surface area contributed by atoms with Crippen LogP contribution < -0.4 is 0 Å². The molecule has 1 aromatic rings. The number of ether oxygens (including phenoxy) is 2. The summed E-state index contributed by atoms with van der Waals surface area (Å²) in [6.45, 7) is 7.34. The van der Waals surface area contributed by atoms with Gasteiger partial charge in [-0.25, -0.2) is 0 Å². The van der Waals surface area contributed by atoms with Crippen molar-refractivity contribution in [3.05, 3.63) is 35.4 Å². The Labute approximate surface area is 121 Å². The zero-order chi connectivity index (χ0) is 14.6. The van der Waals surface area contributed by atoms with E-state index in [1.165, 1.54) is 11.1 Å². The fourth-order valence-electron chi connectivity index (χ4n) is 2.89. The molecule has 1 aliphatic heterocycles. The Kier molecular flexibility index (Phi) is 5.19. The number of aliphatic hydroxyl groups is 1. The highest BCUT2D eigenvalue weighted by atomic mass is 16.5. The van der Waals surface area contributed by atoms with Crippen molar-refractivity contribution in [2.75, 3.05) is 13.2 Å². The summed E-state index contributed by atoms with van der Waals surface area (Å²) < 4.78 is 11.6. The Balaban J connectivity index is 2.11. The van der Waals surface area contributed by atoms with Crippen LogP contribution in [0.1, 0.15) is 50.8 Å². The van der Waals surface area contributed by atoms with Crippen molar-refractivity contribution in [1.29, 1.82) is 0 Å². The molecule has 0 bridgehead atoms. The van der Waals surface area contributed by atoms with Gasteiger partial charge in [0.15, 0.2) is 0 Å². The maximum atomic E-state index is 10.6. The maximum Gasteiger partial charge on any atom is 0.0910 e. The minimum Gasteiger partial charge on any atom is -0.390 e. The van der Waals surface area contributed by atoms with Gasteiger partial charge in [0.25, 0.3) is 0 Å². The molecular weight excluding hydrogens is 252 g/mol. The van der Waals surface area contributed by atoms with Gasteiger partial charge in [0, 0.05) is 13.0 Å². The summed E-state index contributed by atoms with van der Waals surface area (Å²) >= 11 is 0. The van der Waals surface area contributed by atoms with Crippen LogP contribution in [0.4, 0.5) is 0 Å². The summed E-state index contributed by atoms with van der Waals surface area (Å²) in [6.07, 6.45) is 1.78. The molecule has 1 aliphatic rings. The Bertz CT molecular complexity index is 432. The van der Waals surface area contributed by atoms with Gasteiger partial charge in [0.2, 0.25) is 0 Å². The molecule has 0 saturated heterocycles. The number of fused-ring (bicyclic) bond motifs is 1. The molecule has 20 heavy (non-hydrogen) atoms. The average Bonchev–Trinajstić information content (AvgIpc) is 2.47. The highest BCUT2D eigenvalue weighted by Crippen LogP contribution is 2.34. The normalized spacial score (nSPS) is 22.9. The number of benzene rings is 1. The molecule has 0 spiro atoms. The summed E-state index contributed by atoms with van der Waals surface area (Å²) in [5, 5.41) is 10.6. The van der Waals surface area contributed by atoms with Crippen LogP contribution in [0.3, 0.4) is 0 Å². The molecule has 1 aromatic carbocycles. The van der Waals surface area contributed by atoms with Gasteiger partial charge < -0.3 is 14.6 Å². The molecule has 0 amide bonds. The Morgan fingerprint density at radius 3 is 2.85 bits per heavy atom. The molecule has 1 N–H and O–H groups in total. The first kappa shape index (κ1) is 15.5. The molecule has 2 rings (SSSR count). The zero-order valence-electron chi connectivity index (χ0n) is 12.8. The largest absolute Gasteiger partial charge is 0.390 e.